The van der Waals surface area contributed by atoms with Crippen molar-refractivity contribution in [2.45, 2.75) is 45.2 Å². The van der Waals surface area contributed by atoms with Crippen molar-refractivity contribution in [3.05, 3.63) is 30.1 Å². The van der Waals surface area contributed by atoms with Crippen LogP contribution < -0.4 is 0 Å². The predicted octanol–water partition coefficient (Wildman–Crippen LogP) is 2.85. The van der Waals surface area contributed by atoms with E-state index in [1.54, 1.807) is 0 Å². The number of hydrogen-bond donors (Lipinski definition) is 0. The van der Waals surface area contributed by atoms with Gasteiger partial charge in [0.05, 0.1) is 0 Å². The summed E-state index contributed by atoms with van der Waals surface area (Å²) in [6.07, 6.45) is 9.28. The molecule has 1 aliphatic rings. The van der Waals surface area contributed by atoms with Gasteiger partial charge < -0.3 is 0 Å². The van der Waals surface area contributed by atoms with Crippen molar-refractivity contribution in [3.8, 4) is 0 Å². The van der Waals surface area contributed by atoms with Gasteiger partial charge in [-0.05, 0) is 44.0 Å². The molecule has 1 unspecified atom stereocenters. The SMILES string of the molecule is CC1CCCCCN1Cc1ccncc1. The van der Waals surface area contributed by atoms with Crippen LogP contribution in [0.3, 0.4) is 0 Å². The third-order valence-corrected chi connectivity index (χ3v) is 3.33. The highest BCUT2D eigenvalue weighted by atomic mass is 15.1. The fraction of sp³-hybridized carbons (Fsp3) is 0.615. The van der Waals surface area contributed by atoms with Crippen LogP contribution in [0.25, 0.3) is 0 Å². The second kappa shape index (κ2) is 5.26. The molecule has 1 fully saturated rings. The highest BCUT2D eigenvalue weighted by molar-refractivity contribution is 5.09. The van der Waals surface area contributed by atoms with E-state index >= 15 is 0 Å². The Hall–Kier alpha value is -0.890. The molecular weight excluding hydrogens is 184 g/mol. The van der Waals surface area contributed by atoms with Gasteiger partial charge in [0, 0.05) is 25.0 Å². The van der Waals surface area contributed by atoms with Crippen LogP contribution in [-0.2, 0) is 6.54 Å². The van der Waals surface area contributed by atoms with Crippen molar-refractivity contribution in [3.63, 3.8) is 0 Å². The van der Waals surface area contributed by atoms with Crippen LogP contribution in [0.1, 0.15) is 38.2 Å². The molecule has 1 aromatic rings. The second-order valence-electron chi connectivity index (χ2n) is 4.52. The van der Waals surface area contributed by atoms with Crippen LogP contribution >= 0.6 is 0 Å². The summed E-state index contributed by atoms with van der Waals surface area (Å²) in [7, 11) is 0. The highest BCUT2D eigenvalue weighted by Crippen LogP contribution is 2.18. The van der Waals surface area contributed by atoms with E-state index in [1.165, 1.54) is 37.8 Å². The monoisotopic (exact) mass is 204 g/mol. The molecule has 0 spiro atoms. The van der Waals surface area contributed by atoms with E-state index in [0.717, 1.165) is 12.6 Å². The minimum atomic E-state index is 0.737. The molecule has 0 amide bonds. The molecule has 1 atom stereocenters. The van der Waals surface area contributed by atoms with Gasteiger partial charge in [0.15, 0.2) is 0 Å². The van der Waals surface area contributed by atoms with Gasteiger partial charge >= 0.3 is 0 Å². The van der Waals surface area contributed by atoms with Crippen molar-refractivity contribution < 1.29 is 0 Å². The lowest BCUT2D eigenvalue weighted by molar-refractivity contribution is 0.205. The molecule has 82 valence electrons. The van der Waals surface area contributed by atoms with E-state index in [9.17, 15) is 0 Å². The molecule has 0 aliphatic carbocycles. The topological polar surface area (TPSA) is 16.1 Å². The smallest absolute Gasteiger partial charge is 0.0271 e. The Morgan fingerprint density at radius 1 is 1.27 bits per heavy atom. The van der Waals surface area contributed by atoms with Crippen molar-refractivity contribution in [2.75, 3.05) is 6.54 Å². The van der Waals surface area contributed by atoms with Gasteiger partial charge in [-0.1, -0.05) is 12.8 Å². The molecular formula is C13H20N2. The van der Waals surface area contributed by atoms with Crippen molar-refractivity contribution >= 4 is 0 Å². The fourth-order valence-electron chi connectivity index (χ4n) is 2.29. The first-order valence-corrected chi connectivity index (χ1v) is 5.99. The lowest BCUT2D eigenvalue weighted by Gasteiger charge is -2.26. The zero-order valence-corrected chi connectivity index (χ0v) is 9.52. The van der Waals surface area contributed by atoms with Crippen LogP contribution in [0.15, 0.2) is 24.5 Å². The molecule has 15 heavy (non-hydrogen) atoms. The maximum absolute atomic E-state index is 4.06. The third-order valence-electron chi connectivity index (χ3n) is 3.33. The number of pyridine rings is 1. The third kappa shape index (κ3) is 3.03. The van der Waals surface area contributed by atoms with E-state index < -0.39 is 0 Å². The van der Waals surface area contributed by atoms with Gasteiger partial charge in [0.1, 0.15) is 0 Å². The Balaban J connectivity index is 1.97. The summed E-state index contributed by atoms with van der Waals surface area (Å²) in [5, 5.41) is 0. The molecule has 2 heterocycles. The lowest BCUT2D eigenvalue weighted by atomic mass is 10.1. The van der Waals surface area contributed by atoms with Crippen molar-refractivity contribution in [1.29, 1.82) is 0 Å². The summed E-state index contributed by atoms with van der Waals surface area (Å²) in [6, 6.07) is 4.98. The van der Waals surface area contributed by atoms with Crippen molar-refractivity contribution in [2.24, 2.45) is 0 Å². The minimum Gasteiger partial charge on any atom is -0.296 e. The molecule has 2 nitrogen and oxygen atoms in total. The average Bonchev–Trinajstić information content (AvgIpc) is 2.46. The first-order chi connectivity index (χ1) is 7.36. The molecule has 2 rings (SSSR count). The lowest BCUT2D eigenvalue weighted by Crippen LogP contribution is -2.31. The van der Waals surface area contributed by atoms with E-state index in [1.807, 2.05) is 12.4 Å². The molecule has 2 heteroatoms. The number of aromatic nitrogens is 1. The van der Waals surface area contributed by atoms with Crippen LogP contribution in [0.2, 0.25) is 0 Å². The Bertz CT molecular complexity index is 284. The average molecular weight is 204 g/mol. The van der Waals surface area contributed by atoms with E-state index in [0.29, 0.717) is 0 Å². The van der Waals surface area contributed by atoms with Crippen molar-refractivity contribution in [1.82, 2.24) is 9.88 Å². The van der Waals surface area contributed by atoms with Crippen LogP contribution in [0.5, 0.6) is 0 Å². The summed E-state index contributed by atoms with van der Waals surface area (Å²) in [6.45, 7) is 4.69. The predicted molar refractivity (Wildman–Crippen MR) is 62.6 cm³/mol. The van der Waals surface area contributed by atoms with E-state index in [-0.39, 0.29) is 0 Å². The summed E-state index contributed by atoms with van der Waals surface area (Å²) in [4.78, 5) is 6.66. The van der Waals surface area contributed by atoms with Gasteiger partial charge in [-0.15, -0.1) is 0 Å². The standard InChI is InChI=1S/C13H20N2/c1-12-5-3-2-4-10-15(12)11-13-6-8-14-9-7-13/h6-9,12H,2-5,10-11H2,1H3. The zero-order valence-electron chi connectivity index (χ0n) is 9.52. The summed E-state index contributed by atoms with van der Waals surface area (Å²) in [5.74, 6) is 0. The Morgan fingerprint density at radius 3 is 2.87 bits per heavy atom. The number of hydrogen-bond acceptors (Lipinski definition) is 2. The van der Waals surface area contributed by atoms with Crippen LogP contribution in [0.4, 0.5) is 0 Å². The fourth-order valence-corrected chi connectivity index (χ4v) is 2.29. The Labute approximate surface area is 92.3 Å². The molecule has 1 aliphatic heterocycles. The number of nitrogens with zero attached hydrogens (tertiary/aromatic N) is 2. The number of rotatable bonds is 2. The largest absolute Gasteiger partial charge is 0.296 e. The van der Waals surface area contributed by atoms with Gasteiger partial charge in [0.25, 0.3) is 0 Å². The minimum absolute atomic E-state index is 0.737. The van der Waals surface area contributed by atoms with E-state index in [2.05, 4.69) is 28.9 Å². The van der Waals surface area contributed by atoms with Crippen LogP contribution in [-0.4, -0.2) is 22.5 Å². The molecule has 1 saturated heterocycles. The maximum Gasteiger partial charge on any atom is 0.0271 e. The molecule has 0 bridgehead atoms. The van der Waals surface area contributed by atoms with E-state index in [4.69, 9.17) is 0 Å². The summed E-state index contributed by atoms with van der Waals surface area (Å²) < 4.78 is 0. The molecule has 0 saturated carbocycles. The molecule has 0 N–H and O–H groups in total. The summed E-state index contributed by atoms with van der Waals surface area (Å²) in [5.41, 5.74) is 1.39. The quantitative estimate of drug-likeness (QED) is 0.736. The first kappa shape index (κ1) is 10.6. The normalized spacial score (nSPS) is 23.7. The van der Waals surface area contributed by atoms with Gasteiger partial charge in [-0.2, -0.15) is 0 Å². The first-order valence-electron chi connectivity index (χ1n) is 5.99. The van der Waals surface area contributed by atoms with Gasteiger partial charge in [-0.3, -0.25) is 9.88 Å². The zero-order chi connectivity index (χ0) is 10.5. The maximum atomic E-state index is 4.06. The van der Waals surface area contributed by atoms with Gasteiger partial charge in [0.2, 0.25) is 0 Å². The molecule has 0 aromatic carbocycles. The van der Waals surface area contributed by atoms with Gasteiger partial charge in [-0.25, -0.2) is 0 Å². The highest BCUT2D eigenvalue weighted by Gasteiger charge is 2.16. The molecule has 0 radical (unpaired) electrons. The Kier molecular flexibility index (Phi) is 3.73. The van der Waals surface area contributed by atoms with Crippen LogP contribution in [0, 0.1) is 0 Å². The second-order valence-corrected chi connectivity index (χ2v) is 4.52. The number of likely N-dealkylation sites (tertiary alicyclic amines) is 1. The Morgan fingerprint density at radius 2 is 2.07 bits per heavy atom. The molecule has 1 aromatic heterocycles. The summed E-state index contributed by atoms with van der Waals surface area (Å²) >= 11 is 0.